The van der Waals surface area contributed by atoms with E-state index >= 15 is 0 Å². The minimum Gasteiger partial charge on any atom is -0.336 e. The molecule has 0 saturated carbocycles. The minimum atomic E-state index is -0.479. The predicted octanol–water partition coefficient (Wildman–Crippen LogP) is 2.69. The van der Waals surface area contributed by atoms with Crippen molar-refractivity contribution in [2.24, 2.45) is 0 Å². The molecule has 8 heteroatoms. The summed E-state index contributed by atoms with van der Waals surface area (Å²) in [7, 11) is 0. The summed E-state index contributed by atoms with van der Waals surface area (Å²) in [6.07, 6.45) is 2.43. The topological polar surface area (TPSA) is 71.8 Å². The van der Waals surface area contributed by atoms with Gasteiger partial charge in [0.05, 0.1) is 11.1 Å². The SMILES string of the molecule is CCc1nncn1CCNC(=O)N[C@H](C)c1ccc(F)c(Cl)c1. The van der Waals surface area contributed by atoms with E-state index in [-0.39, 0.29) is 17.1 Å². The second-order valence-corrected chi connectivity index (χ2v) is 5.50. The van der Waals surface area contributed by atoms with Crippen LogP contribution in [0.25, 0.3) is 0 Å². The molecule has 0 unspecified atom stereocenters. The van der Waals surface area contributed by atoms with Gasteiger partial charge in [-0.25, -0.2) is 9.18 Å². The van der Waals surface area contributed by atoms with Crippen molar-refractivity contribution in [2.75, 3.05) is 6.54 Å². The third kappa shape index (κ3) is 4.66. The number of nitrogens with zero attached hydrogens (tertiary/aromatic N) is 3. The Balaban J connectivity index is 1.81. The van der Waals surface area contributed by atoms with E-state index in [1.54, 1.807) is 19.3 Å². The van der Waals surface area contributed by atoms with E-state index in [1.165, 1.54) is 12.1 Å². The van der Waals surface area contributed by atoms with Crippen LogP contribution >= 0.6 is 11.6 Å². The largest absolute Gasteiger partial charge is 0.336 e. The number of halogens is 2. The van der Waals surface area contributed by atoms with Crippen LogP contribution in [-0.2, 0) is 13.0 Å². The summed E-state index contributed by atoms with van der Waals surface area (Å²) >= 11 is 5.75. The fourth-order valence-electron chi connectivity index (χ4n) is 2.14. The number of carbonyl (C=O) groups is 1. The minimum absolute atomic E-state index is 0.0382. The van der Waals surface area contributed by atoms with Gasteiger partial charge in [-0.1, -0.05) is 24.6 Å². The third-order valence-electron chi connectivity index (χ3n) is 3.44. The molecule has 2 N–H and O–H groups in total. The fraction of sp³-hybridized carbons (Fsp3) is 0.400. The number of aryl methyl sites for hydroxylation is 1. The zero-order valence-electron chi connectivity index (χ0n) is 13.0. The van der Waals surface area contributed by atoms with Gasteiger partial charge in [0.1, 0.15) is 18.0 Å². The van der Waals surface area contributed by atoms with Crippen molar-refractivity contribution in [3.8, 4) is 0 Å². The molecule has 0 radical (unpaired) electrons. The Hall–Kier alpha value is -2.15. The molecule has 0 aliphatic heterocycles. The van der Waals surface area contributed by atoms with Crippen LogP contribution in [0.3, 0.4) is 0 Å². The van der Waals surface area contributed by atoms with Crippen LogP contribution in [0, 0.1) is 5.82 Å². The molecule has 1 atom stereocenters. The van der Waals surface area contributed by atoms with E-state index in [0.29, 0.717) is 13.1 Å². The monoisotopic (exact) mass is 339 g/mol. The summed E-state index contributed by atoms with van der Waals surface area (Å²) in [5.74, 6) is 0.397. The van der Waals surface area contributed by atoms with Gasteiger partial charge in [-0.05, 0) is 24.6 Å². The molecule has 1 aromatic heterocycles. The number of hydrogen-bond donors (Lipinski definition) is 2. The maximum Gasteiger partial charge on any atom is 0.315 e. The first-order chi connectivity index (χ1) is 11.0. The van der Waals surface area contributed by atoms with Crippen LogP contribution < -0.4 is 10.6 Å². The van der Waals surface area contributed by atoms with Crippen LogP contribution in [-0.4, -0.2) is 27.3 Å². The molecule has 2 aromatic rings. The summed E-state index contributed by atoms with van der Waals surface area (Å²) in [5.41, 5.74) is 0.735. The predicted molar refractivity (Wildman–Crippen MR) is 85.8 cm³/mol. The molecule has 0 fully saturated rings. The van der Waals surface area contributed by atoms with Crippen LogP contribution in [0.2, 0.25) is 5.02 Å². The highest BCUT2D eigenvalue weighted by atomic mass is 35.5. The lowest BCUT2D eigenvalue weighted by Gasteiger charge is -2.15. The van der Waals surface area contributed by atoms with Crippen LogP contribution in [0.5, 0.6) is 0 Å². The van der Waals surface area contributed by atoms with Gasteiger partial charge in [0.15, 0.2) is 0 Å². The van der Waals surface area contributed by atoms with Crippen molar-refractivity contribution in [1.82, 2.24) is 25.4 Å². The summed E-state index contributed by atoms with van der Waals surface area (Å²) < 4.78 is 15.0. The number of benzene rings is 1. The lowest BCUT2D eigenvalue weighted by molar-refractivity contribution is 0.237. The van der Waals surface area contributed by atoms with Crippen LogP contribution in [0.15, 0.2) is 24.5 Å². The number of aromatic nitrogens is 3. The molecular weight excluding hydrogens is 321 g/mol. The summed E-state index contributed by atoms with van der Waals surface area (Å²) in [5, 5.41) is 13.4. The molecule has 1 aromatic carbocycles. The number of hydrogen-bond acceptors (Lipinski definition) is 3. The highest BCUT2D eigenvalue weighted by Crippen LogP contribution is 2.20. The number of carbonyl (C=O) groups excluding carboxylic acids is 1. The van der Waals surface area contributed by atoms with Gasteiger partial charge in [-0.2, -0.15) is 0 Å². The molecule has 0 aliphatic carbocycles. The maximum atomic E-state index is 13.1. The quantitative estimate of drug-likeness (QED) is 0.850. The fourth-order valence-corrected chi connectivity index (χ4v) is 2.33. The first-order valence-electron chi connectivity index (χ1n) is 7.37. The third-order valence-corrected chi connectivity index (χ3v) is 3.73. The number of nitrogens with one attached hydrogen (secondary N) is 2. The number of rotatable bonds is 6. The lowest BCUT2D eigenvalue weighted by Crippen LogP contribution is -2.38. The number of amides is 2. The van der Waals surface area contributed by atoms with Crippen molar-refractivity contribution < 1.29 is 9.18 Å². The van der Waals surface area contributed by atoms with Gasteiger partial charge in [0, 0.05) is 19.5 Å². The first-order valence-corrected chi connectivity index (χ1v) is 7.75. The Morgan fingerprint density at radius 2 is 2.26 bits per heavy atom. The average molecular weight is 340 g/mol. The zero-order valence-corrected chi connectivity index (χ0v) is 13.8. The molecule has 2 rings (SSSR count). The van der Waals surface area contributed by atoms with Crippen molar-refractivity contribution >= 4 is 17.6 Å². The van der Waals surface area contributed by atoms with Gasteiger partial charge >= 0.3 is 6.03 Å². The standard InChI is InChI=1S/C15H19ClFN5O/c1-3-14-21-19-9-22(14)7-6-18-15(23)20-10(2)11-4-5-13(17)12(16)8-11/h4-5,8-10H,3,6-7H2,1-2H3,(H2,18,20,23)/t10-/m1/s1. The van der Waals surface area contributed by atoms with E-state index in [4.69, 9.17) is 11.6 Å². The van der Waals surface area contributed by atoms with Gasteiger partial charge < -0.3 is 15.2 Å². The summed E-state index contributed by atoms with van der Waals surface area (Å²) in [4.78, 5) is 11.9. The molecule has 2 amide bonds. The molecule has 6 nitrogen and oxygen atoms in total. The maximum absolute atomic E-state index is 13.1. The molecule has 124 valence electrons. The van der Waals surface area contributed by atoms with Crippen LogP contribution in [0.1, 0.15) is 31.3 Å². The van der Waals surface area contributed by atoms with Crippen molar-refractivity contribution in [3.05, 3.63) is 46.8 Å². The Morgan fingerprint density at radius 3 is 2.96 bits per heavy atom. The van der Waals surface area contributed by atoms with Gasteiger partial charge in [0.2, 0.25) is 0 Å². The normalized spacial score (nSPS) is 12.0. The Labute approximate surface area is 139 Å². The Bertz CT molecular complexity index is 676. The van der Waals surface area contributed by atoms with Gasteiger partial charge in [-0.3, -0.25) is 0 Å². The summed E-state index contributed by atoms with van der Waals surface area (Å²) in [6, 6.07) is 3.80. The van der Waals surface area contributed by atoms with Crippen molar-refractivity contribution in [1.29, 1.82) is 0 Å². The number of urea groups is 1. The highest BCUT2D eigenvalue weighted by Gasteiger charge is 2.11. The van der Waals surface area contributed by atoms with Gasteiger partial charge in [0.25, 0.3) is 0 Å². The average Bonchev–Trinajstić information content (AvgIpc) is 2.97. The molecule has 0 bridgehead atoms. The van der Waals surface area contributed by atoms with E-state index in [9.17, 15) is 9.18 Å². The molecule has 23 heavy (non-hydrogen) atoms. The molecular formula is C15H19ClFN5O. The second-order valence-electron chi connectivity index (χ2n) is 5.09. The Kier molecular flexibility index (Phi) is 5.92. The van der Waals surface area contributed by atoms with E-state index in [2.05, 4.69) is 20.8 Å². The van der Waals surface area contributed by atoms with E-state index < -0.39 is 5.82 Å². The lowest BCUT2D eigenvalue weighted by atomic mass is 10.1. The molecule has 0 spiro atoms. The zero-order chi connectivity index (χ0) is 16.8. The summed E-state index contributed by atoms with van der Waals surface area (Å²) in [6.45, 7) is 4.85. The van der Waals surface area contributed by atoms with Crippen molar-refractivity contribution in [3.63, 3.8) is 0 Å². The first kappa shape index (κ1) is 17.2. The highest BCUT2D eigenvalue weighted by molar-refractivity contribution is 6.30. The molecule has 0 saturated heterocycles. The smallest absolute Gasteiger partial charge is 0.315 e. The van der Waals surface area contributed by atoms with Crippen molar-refractivity contribution in [2.45, 2.75) is 32.9 Å². The molecule has 1 heterocycles. The second kappa shape index (κ2) is 7.92. The van der Waals surface area contributed by atoms with Gasteiger partial charge in [-0.15, -0.1) is 10.2 Å². The van der Waals surface area contributed by atoms with E-state index in [0.717, 1.165) is 17.8 Å². The molecule has 0 aliphatic rings. The Morgan fingerprint density at radius 1 is 1.48 bits per heavy atom. The van der Waals surface area contributed by atoms with Crippen LogP contribution in [0.4, 0.5) is 9.18 Å². The van der Waals surface area contributed by atoms with E-state index in [1.807, 2.05) is 11.5 Å².